The highest BCUT2D eigenvalue weighted by atomic mass is 16.3. The molecule has 0 aliphatic heterocycles. The van der Waals surface area contributed by atoms with Crippen molar-refractivity contribution in [1.82, 2.24) is 10.2 Å². The van der Waals surface area contributed by atoms with Crippen LogP contribution in [0.25, 0.3) is 21.9 Å². The zero-order chi connectivity index (χ0) is 16.5. The van der Waals surface area contributed by atoms with Gasteiger partial charge >= 0.3 is 0 Å². The van der Waals surface area contributed by atoms with E-state index in [1.165, 1.54) is 0 Å². The van der Waals surface area contributed by atoms with Crippen LogP contribution < -0.4 is 0 Å². The van der Waals surface area contributed by atoms with Gasteiger partial charge in [0.25, 0.3) is 0 Å². The molecule has 4 nitrogen and oxygen atoms in total. The number of phenols is 1. The molecule has 24 heavy (non-hydrogen) atoms. The van der Waals surface area contributed by atoms with E-state index in [4.69, 9.17) is 0 Å². The van der Waals surface area contributed by atoms with Gasteiger partial charge in [-0.3, -0.25) is 0 Å². The van der Waals surface area contributed by atoms with Gasteiger partial charge in [-0.1, -0.05) is 60.7 Å². The maximum atomic E-state index is 10.3. The molecule has 0 amide bonds. The van der Waals surface area contributed by atoms with Crippen molar-refractivity contribution < 1.29 is 10.2 Å². The number of aromatic hydroxyl groups is 2. The average Bonchev–Trinajstić information content (AvgIpc) is 2.98. The van der Waals surface area contributed by atoms with E-state index in [2.05, 4.69) is 10.2 Å². The third kappa shape index (κ3) is 2.38. The quantitative estimate of drug-likeness (QED) is 0.530. The first kappa shape index (κ1) is 14.3. The number of rotatable bonds is 3. The van der Waals surface area contributed by atoms with Crippen molar-refractivity contribution in [2.45, 2.75) is 6.42 Å². The van der Waals surface area contributed by atoms with Gasteiger partial charge < -0.3 is 10.2 Å². The molecule has 1 aromatic heterocycles. The second-order valence-electron chi connectivity index (χ2n) is 5.72. The molecule has 118 valence electrons. The lowest BCUT2D eigenvalue weighted by Gasteiger charge is -2.09. The van der Waals surface area contributed by atoms with Crippen LogP contribution in [0.5, 0.6) is 11.6 Å². The van der Waals surface area contributed by atoms with Gasteiger partial charge in [0.05, 0.1) is 11.3 Å². The standard InChI is InChI=1S/C20H16N2O2/c23-18-11-10-13-6-4-5-9-15(13)16(18)12-17-19(20(24)22-21-17)14-7-2-1-3-8-14/h1-11,23H,12H2,(H2,21,22,24). The molecule has 3 aromatic carbocycles. The first-order valence-corrected chi connectivity index (χ1v) is 7.75. The van der Waals surface area contributed by atoms with Gasteiger partial charge in [0, 0.05) is 12.0 Å². The lowest BCUT2D eigenvalue weighted by Crippen LogP contribution is -1.94. The minimum Gasteiger partial charge on any atom is -0.508 e. The molecule has 0 saturated heterocycles. The number of aromatic amines is 1. The van der Waals surface area contributed by atoms with Crippen molar-refractivity contribution in [3.8, 4) is 22.8 Å². The van der Waals surface area contributed by atoms with Crippen LogP contribution in [0.15, 0.2) is 66.7 Å². The predicted molar refractivity (Wildman–Crippen MR) is 94.1 cm³/mol. The zero-order valence-corrected chi connectivity index (χ0v) is 12.9. The van der Waals surface area contributed by atoms with Crippen LogP contribution in [0.1, 0.15) is 11.3 Å². The molecule has 4 aromatic rings. The summed E-state index contributed by atoms with van der Waals surface area (Å²) in [4.78, 5) is 0. The summed E-state index contributed by atoms with van der Waals surface area (Å²) in [5.41, 5.74) is 3.06. The fraction of sp³-hybridized carbons (Fsp3) is 0.0500. The highest BCUT2D eigenvalue weighted by Gasteiger charge is 2.17. The Morgan fingerprint density at radius 1 is 0.833 bits per heavy atom. The molecule has 3 N–H and O–H groups in total. The van der Waals surface area contributed by atoms with E-state index in [-0.39, 0.29) is 11.6 Å². The van der Waals surface area contributed by atoms with Gasteiger partial charge in [0.15, 0.2) is 0 Å². The maximum Gasteiger partial charge on any atom is 0.215 e. The zero-order valence-electron chi connectivity index (χ0n) is 12.9. The first-order chi connectivity index (χ1) is 11.7. The lowest BCUT2D eigenvalue weighted by atomic mass is 9.96. The second-order valence-corrected chi connectivity index (χ2v) is 5.72. The largest absolute Gasteiger partial charge is 0.508 e. The number of H-pyrrole nitrogens is 1. The van der Waals surface area contributed by atoms with Crippen LogP contribution in [0, 0.1) is 0 Å². The Morgan fingerprint density at radius 2 is 1.58 bits per heavy atom. The SMILES string of the molecule is Oc1ccc2ccccc2c1Cc1n[nH]c(O)c1-c1ccccc1. The van der Waals surface area contributed by atoms with E-state index in [9.17, 15) is 10.2 Å². The summed E-state index contributed by atoms with van der Waals surface area (Å²) in [6, 6.07) is 21.1. The number of hydrogen-bond acceptors (Lipinski definition) is 3. The normalized spacial score (nSPS) is 11.0. The van der Waals surface area contributed by atoms with Crippen LogP contribution in [-0.4, -0.2) is 20.4 Å². The topological polar surface area (TPSA) is 69.1 Å². The number of phenolic OH excluding ortho intramolecular Hbond substituents is 1. The first-order valence-electron chi connectivity index (χ1n) is 7.75. The third-order valence-electron chi connectivity index (χ3n) is 4.24. The number of benzene rings is 3. The van der Waals surface area contributed by atoms with Crippen molar-refractivity contribution in [2.24, 2.45) is 0 Å². The minimum atomic E-state index is 0.0379. The third-order valence-corrected chi connectivity index (χ3v) is 4.24. The Bertz CT molecular complexity index is 1010. The Morgan fingerprint density at radius 3 is 2.42 bits per heavy atom. The fourth-order valence-electron chi connectivity index (χ4n) is 3.08. The highest BCUT2D eigenvalue weighted by molar-refractivity contribution is 5.88. The number of fused-ring (bicyclic) bond motifs is 1. The molecule has 4 rings (SSSR count). The van der Waals surface area contributed by atoms with E-state index >= 15 is 0 Å². The van der Waals surface area contributed by atoms with E-state index in [0.717, 1.165) is 21.9 Å². The Kier molecular flexibility index (Phi) is 3.43. The molecule has 0 atom stereocenters. The van der Waals surface area contributed by atoms with Gasteiger partial charge in [-0.05, 0) is 22.4 Å². The molecule has 0 bridgehead atoms. The van der Waals surface area contributed by atoms with Crippen LogP contribution in [0.4, 0.5) is 0 Å². The fourth-order valence-corrected chi connectivity index (χ4v) is 3.08. The summed E-state index contributed by atoms with van der Waals surface area (Å²) in [5.74, 6) is 0.270. The molecule has 0 spiro atoms. The minimum absolute atomic E-state index is 0.0379. The predicted octanol–water partition coefficient (Wildman–Crippen LogP) is 4.23. The van der Waals surface area contributed by atoms with Gasteiger partial charge in [-0.25, -0.2) is 5.10 Å². The Hall–Kier alpha value is -3.27. The Labute approximate surface area is 139 Å². The van der Waals surface area contributed by atoms with Gasteiger partial charge in [0.2, 0.25) is 5.88 Å². The van der Waals surface area contributed by atoms with E-state index in [0.29, 0.717) is 17.7 Å². The molecule has 4 heteroatoms. The number of nitrogens with one attached hydrogen (secondary N) is 1. The average molecular weight is 316 g/mol. The summed E-state index contributed by atoms with van der Waals surface area (Å²) in [7, 11) is 0. The molecule has 0 fully saturated rings. The molecule has 1 heterocycles. The molecule has 0 unspecified atom stereocenters. The van der Waals surface area contributed by atoms with E-state index < -0.39 is 0 Å². The summed E-state index contributed by atoms with van der Waals surface area (Å²) in [6.07, 6.45) is 0.425. The molecule has 0 aliphatic rings. The van der Waals surface area contributed by atoms with Crippen LogP contribution in [0.2, 0.25) is 0 Å². The van der Waals surface area contributed by atoms with Crippen molar-refractivity contribution in [3.63, 3.8) is 0 Å². The monoisotopic (exact) mass is 316 g/mol. The number of aromatic nitrogens is 2. The van der Waals surface area contributed by atoms with Crippen molar-refractivity contribution in [1.29, 1.82) is 0 Å². The number of hydrogen-bond donors (Lipinski definition) is 3. The summed E-state index contributed by atoms with van der Waals surface area (Å²) in [5, 5.41) is 29.4. The molecule has 0 aliphatic carbocycles. The molecule has 0 radical (unpaired) electrons. The van der Waals surface area contributed by atoms with Crippen LogP contribution in [0.3, 0.4) is 0 Å². The maximum absolute atomic E-state index is 10.3. The van der Waals surface area contributed by atoms with E-state index in [1.54, 1.807) is 6.07 Å². The molecular formula is C20H16N2O2. The van der Waals surface area contributed by atoms with Crippen molar-refractivity contribution in [2.75, 3.05) is 0 Å². The van der Waals surface area contributed by atoms with Gasteiger partial charge in [-0.15, -0.1) is 0 Å². The second kappa shape index (κ2) is 5.74. The smallest absolute Gasteiger partial charge is 0.215 e. The highest BCUT2D eigenvalue weighted by Crippen LogP contribution is 2.35. The van der Waals surface area contributed by atoms with Crippen LogP contribution in [-0.2, 0) is 6.42 Å². The molecular weight excluding hydrogens is 300 g/mol. The Balaban J connectivity index is 1.85. The van der Waals surface area contributed by atoms with Gasteiger partial charge in [0.1, 0.15) is 5.75 Å². The van der Waals surface area contributed by atoms with Crippen molar-refractivity contribution >= 4 is 10.8 Å². The number of nitrogens with zero attached hydrogens (tertiary/aromatic N) is 1. The summed E-state index contributed by atoms with van der Waals surface area (Å²) < 4.78 is 0. The van der Waals surface area contributed by atoms with Crippen molar-refractivity contribution in [3.05, 3.63) is 78.0 Å². The molecule has 0 saturated carbocycles. The van der Waals surface area contributed by atoms with Crippen LogP contribution >= 0.6 is 0 Å². The summed E-state index contributed by atoms with van der Waals surface area (Å²) >= 11 is 0. The van der Waals surface area contributed by atoms with Gasteiger partial charge in [-0.2, -0.15) is 5.10 Å². The van der Waals surface area contributed by atoms with E-state index in [1.807, 2.05) is 60.7 Å². The lowest BCUT2D eigenvalue weighted by molar-refractivity contribution is 0.454. The summed E-state index contributed by atoms with van der Waals surface area (Å²) in [6.45, 7) is 0.